The Kier molecular flexibility index (Phi) is 6.11. The normalized spacial score (nSPS) is 20.1. The largest absolute Gasteiger partial charge is 0.373 e. The highest BCUT2D eigenvalue weighted by Gasteiger charge is 2.22. The van der Waals surface area contributed by atoms with Crippen LogP contribution < -0.4 is 5.32 Å². The Balaban J connectivity index is 1.43. The summed E-state index contributed by atoms with van der Waals surface area (Å²) in [5.74, 6) is -0.248. The van der Waals surface area contributed by atoms with Crippen molar-refractivity contribution in [2.75, 3.05) is 24.7 Å². The number of anilines is 1. The van der Waals surface area contributed by atoms with Crippen molar-refractivity contribution in [3.63, 3.8) is 0 Å². The zero-order chi connectivity index (χ0) is 22.2. The van der Waals surface area contributed by atoms with E-state index in [0.29, 0.717) is 20.9 Å². The van der Waals surface area contributed by atoms with Crippen LogP contribution in [0.3, 0.4) is 0 Å². The molecular formula is C22H25N3O4S2. The third-order valence-electron chi connectivity index (χ3n) is 5.13. The number of fused-ring (bicyclic) bond motifs is 1. The zero-order valence-electron chi connectivity index (χ0n) is 17.7. The van der Waals surface area contributed by atoms with E-state index in [1.165, 1.54) is 23.7 Å². The van der Waals surface area contributed by atoms with Crippen LogP contribution in [-0.2, 0) is 21.1 Å². The van der Waals surface area contributed by atoms with Gasteiger partial charge < -0.3 is 4.74 Å². The van der Waals surface area contributed by atoms with E-state index in [0.717, 1.165) is 25.2 Å². The molecule has 164 valence electrons. The molecule has 0 aliphatic carbocycles. The van der Waals surface area contributed by atoms with Crippen molar-refractivity contribution in [2.45, 2.75) is 37.5 Å². The second-order valence-corrected chi connectivity index (χ2v) is 11.1. The Morgan fingerprint density at radius 1 is 1.16 bits per heavy atom. The number of nitrogens with zero attached hydrogens (tertiary/aromatic N) is 2. The number of carbonyl (C=O) groups excluding carboxylic acids is 1. The lowest BCUT2D eigenvalue weighted by molar-refractivity contribution is -0.0704. The summed E-state index contributed by atoms with van der Waals surface area (Å²) in [5.41, 5.74) is 2.34. The maximum Gasteiger partial charge on any atom is 0.257 e. The fraction of sp³-hybridized carbons (Fsp3) is 0.364. The molecule has 3 aromatic rings. The average molecular weight is 460 g/mol. The molecule has 4 rings (SSSR count). The van der Waals surface area contributed by atoms with E-state index < -0.39 is 9.84 Å². The van der Waals surface area contributed by atoms with Crippen LogP contribution in [0.5, 0.6) is 0 Å². The summed E-state index contributed by atoms with van der Waals surface area (Å²) in [4.78, 5) is 19.6. The van der Waals surface area contributed by atoms with Crippen molar-refractivity contribution in [1.29, 1.82) is 0 Å². The maximum absolute atomic E-state index is 12.6. The van der Waals surface area contributed by atoms with Gasteiger partial charge in [-0.05, 0) is 49.7 Å². The van der Waals surface area contributed by atoms with E-state index in [2.05, 4.69) is 29.0 Å². The minimum absolute atomic E-state index is 0.219. The number of thiazole rings is 1. The summed E-state index contributed by atoms with van der Waals surface area (Å²) in [6.45, 7) is 6.77. The lowest BCUT2D eigenvalue weighted by Crippen LogP contribution is -2.44. The van der Waals surface area contributed by atoms with E-state index in [1.807, 2.05) is 24.3 Å². The first-order valence-corrected chi connectivity index (χ1v) is 12.8. The number of hydrogen-bond acceptors (Lipinski definition) is 7. The molecule has 2 unspecified atom stereocenters. The second kappa shape index (κ2) is 8.66. The molecular weight excluding hydrogens is 434 g/mol. The van der Waals surface area contributed by atoms with E-state index in [9.17, 15) is 13.2 Å². The predicted octanol–water partition coefficient (Wildman–Crippen LogP) is 3.56. The number of sulfone groups is 1. The number of aromatic nitrogens is 1. The quantitative estimate of drug-likeness (QED) is 0.628. The van der Waals surface area contributed by atoms with Crippen LogP contribution >= 0.6 is 11.3 Å². The van der Waals surface area contributed by atoms with Crippen LogP contribution in [0.25, 0.3) is 10.2 Å². The molecule has 7 nitrogen and oxygen atoms in total. The predicted molar refractivity (Wildman–Crippen MR) is 122 cm³/mol. The molecule has 0 radical (unpaired) electrons. The Bertz CT molecular complexity index is 1200. The van der Waals surface area contributed by atoms with E-state index >= 15 is 0 Å². The summed E-state index contributed by atoms with van der Waals surface area (Å²) in [5, 5.41) is 3.25. The number of morpholine rings is 1. The smallest absolute Gasteiger partial charge is 0.257 e. The fourth-order valence-electron chi connectivity index (χ4n) is 3.79. The van der Waals surface area contributed by atoms with Gasteiger partial charge in [0.2, 0.25) is 0 Å². The van der Waals surface area contributed by atoms with Gasteiger partial charge in [-0.2, -0.15) is 0 Å². The molecule has 0 spiro atoms. The Morgan fingerprint density at radius 3 is 2.48 bits per heavy atom. The molecule has 1 N–H and O–H groups in total. The molecule has 0 saturated carbocycles. The number of amides is 1. The lowest BCUT2D eigenvalue weighted by Gasteiger charge is -2.35. The molecule has 2 atom stereocenters. The summed E-state index contributed by atoms with van der Waals surface area (Å²) in [7, 11) is -3.29. The Labute approximate surface area is 186 Å². The first-order valence-electron chi connectivity index (χ1n) is 10.1. The van der Waals surface area contributed by atoms with Gasteiger partial charge in [0.15, 0.2) is 15.0 Å². The molecule has 31 heavy (non-hydrogen) atoms. The van der Waals surface area contributed by atoms with Gasteiger partial charge in [-0.3, -0.25) is 15.0 Å². The van der Waals surface area contributed by atoms with Crippen LogP contribution in [0, 0.1) is 0 Å². The van der Waals surface area contributed by atoms with Crippen molar-refractivity contribution in [2.24, 2.45) is 0 Å². The standard InChI is InChI=1S/C22H25N3O4S2/c1-14-11-25(12-15(2)29-14)13-16-4-6-17(7-5-16)21(26)24-22-23-19-9-8-18(31(3,27)28)10-20(19)30-22/h4-10,14-15H,11-13H2,1-3H3,(H,23,24,26). The third kappa shape index (κ3) is 5.30. The number of nitrogens with one attached hydrogen (secondary N) is 1. The van der Waals surface area contributed by atoms with Gasteiger partial charge in [-0.25, -0.2) is 13.4 Å². The topological polar surface area (TPSA) is 88.6 Å². The SMILES string of the molecule is CC1CN(Cc2ccc(C(=O)Nc3nc4ccc(S(C)(=O)=O)cc4s3)cc2)CC(C)O1. The molecule has 1 saturated heterocycles. The van der Waals surface area contributed by atoms with E-state index in [4.69, 9.17) is 4.74 Å². The number of benzene rings is 2. The molecule has 1 fully saturated rings. The molecule has 2 aromatic carbocycles. The summed E-state index contributed by atoms with van der Waals surface area (Å²) >= 11 is 1.25. The average Bonchev–Trinajstić information content (AvgIpc) is 3.08. The molecule has 1 amide bonds. The zero-order valence-corrected chi connectivity index (χ0v) is 19.3. The number of ether oxygens (including phenoxy) is 1. The molecule has 9 heteroatoms. The van der Waals surface area contributed by atoms with Crippen molar-refractivity contribution in [3.05, 3.63) is 53.6 Å². The third-order valence-corrected chi connectivity index (χ3v) is 7.17. The van der Waals surface area contributed by atoms with E-state index in [-0.39, 0.29) is 23.0 Å². The highest BCUT2D eigenvalue weighted by atomic mass is 32.2. The summed E-state index contributed by atoms with van der Waals surface area (Å²) < 4.78 is 30.0. The number of rotatable bonds is 5. The highest BCUT2D eigenvalue weighted by Crippen LogP contribution is 2.28. The van der Waals surface area contributed by atoms with Gasteiger partial charge >= 0.3 is 0 Å². The van der Waals surface area contributed by atoms with Gasteiger partial charge in [-0.1, -0.05) is 23.5 Å². The number of carbonyl (C=O) groups is 1. The van der Waals surface area contributed by atoms with Crippen LogP contribution in [0.2, 0.25) is 0 Å². The minimum atomic E-state index is -3.29. The summed E-state index contributed by atoms with van der Waals surface area (Å²) in [6.07, 6.45) is 1.61. The van der Waals surface area contributed by atoms with Crippen molar-refractivity contribution in [1.82, 2.24) is 9.88 Å². The Morgan fingerprint density at radius 2 is 1.84 bits per heavy atom. The minimum Gasteiger partial charge on any atom is -0.373 e. The van der Waals surface area contributed by atoms with Gasteiger partial charge in [0, 0.05) is 31.5 Å². The molecule has 1 aliphatic heterocycles. The van der Waals surface area contributed by atoms with Crippen LogP contribution in [0.4, 0.5) is 5.13 Å². The number of hydrogen-bond donors (Lipinski definition) is 1. The molecule has 0 bridgehead atoms. The second-order valence-electron chi connectivity index (χ2n) is 8.02. The monoisotopic (exact) mass is 459 g/mol. The van der Waals surface area contributed by atoms with Gasteiger partial charge in [0.25, 0.3) is 5.91 Å². The fourth-order valence-corrected chi connectivity index (χ4v) is 5.41. The van der Waals surface area contributed by atoms with Gasteiger partial charge in [0.1, 0.15) is 0 Å². The van der Waals surface area contributed by atoms with E-state index in [1.54, 1.807) is 12.1 Å². The summed E-state index contributed by atoms with van der Waals surface area (Å²) in [6, 6.07) is 12.3. The van der Waals surface area contributed by atoms with Crippen molar-refractivity contribution < 1.29 is 17.9 Å². The Hall–Kier alpha value is -2.33. The van der Waals surface area contributed by atoms with Crippen molar-refractivity contribution in [3.8, 4) is 0 Å². The maximum atomic E-state index is 12.6. The van der Waals surface area contributed by atoms with Crippen LogP contribution in [-0.4, -0.2) is 55.8 Å². The van der Waals surface area contributed by atoms with Crippen LogP contribution in [0.1, 0.15) is 29.8 Å². The van der Waals surface area contributed by atoms with Gasteiger partial charge in [0.05, 0.1) is 27.3 Å². The highest BCUT2D eigenvalue weighted by molar-refractivity contribution is 7.90. The first kappa shape index (κ1) is 21.9. The van der Waals surface area contributed by atoms with Crippen molar-refractivity contribution >= 4 is 42.4 Å². The molecule has 1 aliphatic rings. The lowest BCUT2D eigenvalue weighted by atomic mass is 10.1. The first-order chi connectivity index (χ1) is 14.7. The van der Waals surface area contributed by atoms with Gasteiger partial charge in [-0.15, -0.1) is 0 Å². The van der Waals surface area contributed by atoms with Crippen LogP contribution in [0.15, 0.2) is 47.4 Å². The molecule has 1 aromatic heterocycles. The molecule has 2 heterocycles.